The zero-order chi connectivity index (χ0) is 8.55. The zero-order valence-electron chi connectivity index (χ0n) is 7.42. The Labute approximate surface area is 77.2 Å². The van der Waals surface area contributed by atoms with Crippen LogP contribution >= 0.6 is 11.3 Å². The fourth-order valence-electron chi connectivity index (χ4n) is 1.54. The van der Waals surface area contributed by atoms with Crippen molar-refractivity contribution in [2.75, 3.05) is 0 Å². The highest BCUT2D eigenvalue weighted by Crippen LogP contribution is 2.33. The van der Waals surface area contributed by atoms with E-state index in [-0.39, 0.29) is 0 Å². The van der Waals surface area contributed by atoms with Crippen LogP contribution in [0.1, 0.15) is 23.8 Å². The Balaban J connectivity index is 2.44. The summed E-state index contributed by atoms with van der Waals surface area (Å²) in [5.41, 5.74) is 4.28. The van der Waals surface area contributed by atoms with Crippen molar-refractivity contribution in [3.8, 4) is 0 Å². The molecule has 0 N–H and O–H groups in total. The molecule has 0 aromatic carbocycles. The van der Waals surface area contributed by atoms with Gasteiger partial charge < -0.3 is 0 Å². The fourth-order valence-corrected chi connectivity index (χ4v) is 2.58. The van der Waals surface area contributed by atoms with Gasteiger partial charge in [-0.15, -0.1) is 11.3 Å². The fraction of sp³-hybridized carbons (Fsp3) is 0.273. The van der Waals surface area contributed by atoms with Crippen molar-refractivity contribution in [3.05, 3.63) is 39.6 Å². The highest BCUT2D eigenvalue weighted by Gasteiger charge is 2.10. The highest BCUT2D eigenvalue weighted by molar-refractivity contribution is 7.11. The van der Waals surface area contributed by atoms with E-state index in [9.17, 15) is 0 Å². The average molecular weight is 176 g/mol. The Morgan fingerprint density at radius 1 is 1.25 bits per heavy atom. The summed E-state index contributed by atoms with van der Waals surface area (Å²) in [5, 5.41) is 2.16. The van der Waals surface area contributed by atoms with Crippen LogP contribution in [0.2, 0.25) is 0 Å². The van der Waals surface area contributed by atoms with Gasteiger partial charge in [-0.1, -0.05) is 12.2 Å². The molecular formula is C11H12S. The molecule has 1 aromatic rings. The van der Waals surface area contributed by atoms with Crippen molar-refractivity contribution in [1.29, 1.82) is 0 Å². The summed E-state index contributed by atoms with van der Waals surface area (Å²) in [7, 11) is 0. The lowest BCUT2D eigenvalue weighted by Gasteiger charge is -2.01. The first-order valence-corrected chi connectivity index (χ1v) is 5.09. The van der Waals surface area contributed by atoms with E-state index in [0.717, 1.165) is 6.42 Å². The van der Waals surface area contributed by atoms with E-state index >= 15 is 0 Å². The molecule has 12 heavy (non-hydrogen) atoms. The maximum Gasteiger partial charge on any atom is 0.0371 e. The topological polar surface area (TPSA) is 0 Å². The first-order valence-electron chi connectivity index (χ1n) is 4.21. The van der Waals surface area contributed by atoms with Crippen LogP contribution in [0, 0.1) is 6.92 Å². The molecule has 0 bridgehead atoms. The lowest BCUT2D eigenvalue weighted by molar-refractivity contribution is 1.42. The van der Waals surface area contributed by atoms with Gasteiger partial charge in [0.2, 0.25) is 0 Å². The number of hydrogen-bond donors (Lipinski definition) is 0. The molecule has 62 valence electrons. The standard InChI is InChI=1S/C11H12S/c1-8-4-3-5-10(8)11-9(2)6-7-12-11/h4-7H,3H2,1-2H3. The minimum atomic E-state index is 1.11. The molecule has 0 amide bonds. The second kappa shape index (κ2) is 2.91. The number of allylic oxidation sites excluding steroid dienone is 4. The summed E-state index contributed by atoms with van der Waals surface area (Å²) in [6.07, 6.45) is 5.71. The third-order valence-corrected chi connectivity index (χ3v) is 3.33. The molecular weight excluding hydrogens is 164 g/mol. The maximum atomic E-state index is 2.31. The third-order valence-electron chi connectivity index (χ3n) is 2.28. The van der Waals surface area contributed by atoms with Crippen molar-refractivity contribution in [2.24, 2.45) is 0 Å². The van der Waals surface area contributed by atoms with Crippen LogP contribution in [-0.4, -0.2) is 0 Å². The van der Waals surface area contributed by atoms with Gasteiger partial charge >= 0.3 is 0 Å². The van der Waals surface area contributed by atoms with Crippen molar-refractivity contribution >= 4 is 16.9 Å². The Hall–Kier alpha value is -0.820. The van der Waals surface area contributed by atoms with Crippen LogP contribution in [0.3, 0.4) is 0 Å². The molecule has 2 rings (SSSR count). The van der Waals surface area contributed by atoms with Gasteiger partial charge in [-0.2, -0.15) is 0 Å². The Bertz CT molecular complexity index is 353. The van der Waals surface area contributed by atoms with Gasteiger partial charge in [0.25, 0.3) is 0 Å². The van der Waals surface area contributed by atoms with E-state index in [0.29, 0.717) is 0 Å². The molecule has 0 unspecified atom stereocenters. The van der Waals surface area contributed by atoms with Gasteiger partial charge in [-0.25, -0.2) is 0 Å². The predicted molar refractivity (Wildman–Crippen MR) is 55.4 cm³/mol. The molecule has 0 aliphatic heterocycles. The van der Waals surface area contributed by atoms with Crippen LogP contribution in [0.15, 0.2) is 29.2 Å². The summed E-state index contributed by atoms with van der Waals surface area (Å²) in [6.45, 7) is 4.37. The zero-order valence-corrected chi connectivity index (χ0v) is 8.24. The lowest BCUT2D eigenvalue weighted by Crippen LogP contribution is -1.80. The van der Waals surface area contributed by atoms with Crippen LogP contribution in [0.25, 0.3) is 5.57 Å². The van der Waals surface area contributed by atoms with Gasteiger partial charge in [-0.05, 0) is 48.4 Å². The van der Waals surface area contributed by atoms with E-state index in [1.807, 2.05) is 11.3 Å². The Morgan fingerprint density at radius 3 is 2.58 bits per heavy atom. The van der Waals surface area contributed by atoms with Crippen molar-refractivity contribution < 1.29 is 0 Å². The van der Waals surface area contributed by atoms with Gasteiger partial charge in [0, 0.05) is 4.88 Å². The summed E-state index contributed by atoms with van der Waals surface area (Å²) in [4.78, 5) is 1.45. The van der Waals surface area contributed by atoms with E-state index in [1.54, 1.807) is 0 Å². The van der Waals surface area contributed by atoms with E-state index in [1.165, 1.54) is 21.6 Å². The molecule has 1 aliphatic rings. The highest BCUT2D eigenvalue weighted by atomic mass is 32.1. The second-order valence-electron chi connectivity index (χ2n) is 3.17. The Morgan fingerprint density at radius 2 is 2.08 bits per heavy atom. The molecule has 0 saturated heterocycles. The normalized spacial score (nSPS) is 16.2. The van der Waals surface area contributed by atoms with Crippen LogP contribution < -0.4 is 0 Å². The number of rotatable bonds is 1. The average Bonchev–Trinajstić information content (AvgIpc) is 2.59. The largest absolute Gasteiger partial charge is 0.144 e. The summed E-state index contributed by atoms with van der Waals surface area (Å²) in [5.74, 6) is 0. The van der Waals surface area contributed by atoms with Gasteiger partial charge in [0.15, 0.2) is 0 Å². The molecule has 0 atom stereocenters. The Kier molecular flexibility index (Phi) is 1.89. The van der Waals surface area contributed by atoms with Crippen LogP contribution in [0.5, 0.6) is 0 Å². The van der Waals surface area contributed by atoms with E-state index in [2.05, 4.69) is 37.4 Å². The van der Waals surface area contributed by atoms with Crippen LogP contribution in [0.4, 0.5) is 0 Å². The first-order chi connectivity index (χ1) is 5.79. The quantitative estimate of drug-likeness (QED) is 0.610. The molecule has 0 fully saturated rings. The number of hydrogen-bond acceptors (Lipinski definition) is 1. The summed E-state index contributed by atoms with van der Waals surface area (Å²) in [6, 6.07) is 2.19. The molecule has 1 aliphatic carbocycles. The molecule has 1 aromatic heterocycles. The van der Waals surface area contributed by atoms with Gasteiger partial charge in [-0.3, -0.25) is 0 Å². The second-order valence-corrected chi connectivity index (χ2v) is 4.09. The third kappa shape index (κ3) is 1.14. The van der Waals surface area contributed by atoms with E-state index < -0.39 is 0 Å². The molecule has 1 heteroatoms. The number of aryl methyl sites for hydroxylation is 1. The summed E-state index contributed by atoms with van der Waals surface area (Å²) >= 11 is 1.84. The van der Waals surface area contributed by atoms with Gasteiger partial charge in [0.05, 0.1) is 0 Å². The van der Waals surface area contributed by atoms with Crippen molar-refractivity contribution in [3.63, 3.8) is 0 Å². The minimum Gasteiger partial charge on any atom is -0.144 e. The first kappa shape index (κ1) is 7.81. The SMILES string of the molecule is CC1=CCC=C1c1sccc1C. The van der Waals surface area contributed by atoms with E-state index in [4.69, 9.17) is 0 Å². The lowest BCUT2D eigenvalue weighted by atomic mass is 10.1. The summed E-state index contributed by atoms with van der Waals surface area (Å²) < 4.78 is 0. The smallest absolute Gasteiger partial charge is 0.0371 e. The number of thiophene rings is 1. The maximum absolute atomic E-state index is 2.31. The minimum absolute atomic E-state index is 1.11. The molecule has 0 spiro atoms. The predicted octanol–water partition coefficient (Wildman–Crippen LogP) is 3.79. The molecule has 0 saturated carbocycles. The molecule has 0 nitrogen and oxygen atoms in total. The van der Waals surface area contributed by atoms with Gasteiger partial charge in [0.1, 0.15) is 0 Å². The molecule has 1 heterocycles. The monoisotopic (exact) mass is 176 g/mol. The van der Waals surface area contributed by atoms with Crippen LogP contribution in [-0.2, 0) is 0 Å². The molecule has 0 radical (unpaired) electrons. The van der Waals surface area contributed by atoms with Crippen molar-refractivity contribution in [2.45, 2.75) is 20.3 Å². The van der Waals surface area contributed by atoms with Crippen molar-refractivity contribution in [1.82, 2.24) is 0 Å².